The van der Waals surface area contributed by atoms with Crippen LogP contribution in [0, 0.1) is 0 Å². The smallest absolute Gasteiger partial charge is 0.217 e. The Bertz CT molecular complexity index is 500. The Balaban J connectivity index is 3.22. The largest absolute Gasteiger partial charge is 0.415 e. The molecule has 27 heavy (non-hydrogen) atoms. The minimum Gasteiger partial charge on any atom is -0.415 e. The summed E-state index contributed by atoms with van der Waals surface area (Å²) in [6, 6.07) is -0.682. The molecule has 0 aromatic rings. The molecule has 2 N–H and O–H groups in total. The summed E-state index contributed by atoms with van der Waals surface area (Å²) in [7, 11) is -5.71. The zero-order valence-electron chi connectivity index (χ0n) is 18.6. The number of aliphatic hydroxyl groups excluding tert-OH is 1. The highest BCUT2D eigenvalue weighted by atomic mass is 28.4. The molecule has 1 amide bonds. The van der Waals surface area contributed by atoms with E-state index in [1.54, 1.807) is 0 Å². The third-order valence-electron chi connectivity index (χ3n) is 3.70. The molecule has 0 saturated carbocycles. The van der Waals surface area contributed by atoms with E-state index >= 15 is 0 Å². The predicted molar refractivity (Wildman–Crippen MR) is 114 cm³/mol. The topological polar surface area (TPSA) is 86.3 Å². The van der Waals surface area contributed by atoms with Gasteiger partial charge in [0, 0.05) is 6.92 Å². The molecule has 0 spiro atoms. The van der Waals surface area contributed by atoms with Gasteiger partial charge in [0.1, 0.15) is 18.2 Å². The van der Waals surface area contributed by atoms with Crippen molar-refractivity contribution in [1.82, 2.24) is 5.32 Å². The highest BCUT2D eigenvalue weighted by Gasteiger charge is 2.50. The third kappa shape index (κ3) is 9.31. The van der Waals surface area contributed by atoms with Gasteiger partial charge in [0.2, 0.25) is 5.91 Å². The summed E-state index contributed by atoms with van der Waals surface area (Å²) < 4.78 is 24.8. The monoisotopic (exact) mass is 437 g/mol. The quantitative estimate of drug-likeness (QED) is 0.568. The van der Waals surface area contributed by atoms with Crippen molar-refractivity contribution in [2.45, 2.75) is 96.5 Å². The van der Waals surface area contributed by atoms with E-state index in [2.05, 4.69) is 64.2 Å². The highest BCUT2D eigenvalue weighted by molar-refractivity contribution is 6.70. The number of hydrogen-bond acceptors (Lipinski definition) is 6. The molecule has 1 aliphatic heterocycles. The predicted octanol–water partition coefficient (Wildman–Crippen LogP) is 2.50. The van der Waals surface area contributed by atoms with Gasteiger partial charge in [-0.05, 0) is 58.9 Å². The molecule has 0 aliphatic carbocycles. The van der Waals surface area contributed by atoms with Gasteiger partial charge in [-0.15, -0.1) is 0 Å². The van der Waals surface area contributed by atoms with Gasteiger partial charge in [-0.2, -0.15) is 0 Å². The van der Waals surface area contributed by atoms with E-state index in [0.717, 1.165) is 0 Å². The number of ether oxygens (including phenoxy) is 1. The average molecular weight is 438 g/mol. The van der Waals surface area contributed by atoms with Crippen molar-refractivity contribution in [2.75, 3.05) is 6.61 Å². The number of nitrogens with one attached hydrogen (secondary N) is 1. The minimum atomic E-state index is -1.99. The Labute approximate surface area is 167 Å². The Morgan fingerprint density at radius 1 is 0.926 bits per heavy atom. The van der Waals surface area contributed by atoms with Crippen LogP contribution in [0.4, 0.5) is 0 Å². The minimum absolute atomic E-state index is 0.240. The molecule has 0 aromatic carbocycles. The number of carbonyl (C=O) groups excluding carboxylic acids is 1. The maximum absolute atomic E-state index is 11.7. The van der Waals surface area contributed by atoms with Crippen molar-refractivity contribution >= 4 is 30.9 Å². The average Bonchev–Trinajstić information content (AvgIpc) is 2.40. The first-order valence-corrected chi connectivity index (χ1v) is 19.8. The summed E-state index contributed by atoms with van der Waals surface area (Å²) in [6.07, 6.45) is -2.54. The second-order valence-corrected chi connectivity index (χ2v) is 23.5. The first kappa shape index (κ1) is 25.0. The summed E-state index contributed by atoms with van der Waals surface area (Å²) in [5.41, 5.74) is 0. The first-order valence-electron chi connectivity index (χ1n) is 9.59. The van der Waals surface area contributed by atoms with Crippen LogP contribution < -0.4 is 5.32 Å². The normalized spacial score (nSPS) is 30.3. The molecule has 1 aliphatic rings. The van der Waals surface area contributed by atoms with Crippen LogP contribution in [-0.2, 0) is 22.8 Å². The van der Waals surface area contributed by atoms with Crippen LogP contribution in [0.1, 0.15) is 6.92 Å². The van der Waals surface area contributed by atoms with E-state index in [9.17, 15) is 9.90 Å². The van der Waals surface area contributed by atoms with E-state index in [-0.39, 0.29) is 5.91 Å². The summed E-state index contributed by atoms with van der Waals surface area (Å²) >= 11 is 0. The van der Waals surface area contributed by atoms with Gasteiger partial charge in [0.25, 0.3) is 0 Å². The lowest BCUT2D eigenvalue weighted by Crippen LogP contribution is -2.68. The van der Waals surface area contributed by atoms with Gasteiger partial charge < -0.3 is 28.4 Å². The van der Waals surface area contributed by atoms with Crippen molar-refractivity contribution in [3.8, 4) is 0 Å². The Kier molecular flexibility index (Phi) is 8.47. The number of rotatable bonds is 8. The molecule has 160 valence electrons. The summed E-state index contributed by atoms with van der Waals surface area (Å²) in [5.74, 6) is -0.240. The second kappa shape index (κ2) is 9.16. The van der Waals surface area contributed by atoms with Crippen molar-refractivity contribution in [1.29, 1.82) is 0 Å². The summed E-state index contributed by atoms with van der Waals surface area (Å²) in [4.78, 5) is 11.7. The molecule has 1 rings (SSSR count). The van der Waals surface area contributed by atoms with Crippen molar-refractivity contribution < 1.29 is 27.9 Å². The van der Waals surface area contributed by atoms with E-state index in [1.165, 1.54) is 6.92 Å². The van der Waals surface area contributed by atoms with Crippen molar-refractivity contribution in [3.63, 3.8) is 0 Å². The molecule has 1 saturated heterocycles. The zero-order valence-corrected chi connectivity index (χ0v) is 21.6. The number of carbonyl (C=O) groups is 1. The Morgan fingerprint density at radius 2 is 1.41 bits per heavy atom. The van der Waals surface area contributed by atoms with E-state index in [0.29, 0.717) is 6.61 Å². The summed E-state index contributed by atoms with van der Waals surface area (Å²) in [5, 5.41) is 13.4. The van der Waals surface area contributed by atoms with Gasteiger partial charge in [-0.1, -0.05) is 0 Å². The fourth-order valence-corrected chi connectivity index (χ4v) is 5.74. The van der Waals surface area contributed by atoms with Crippen LogP contribution in [0.2, 0.25) is 58.9 Å². The lowest BCUT2D eigenvalue weighted by molar-refractivity contribution is -0.245. The number of hydrogen-bond donors (Lipinski definition) is 2. The van der Waals surface area contributed by atoms with E-state index in [4.69, 9.17) is 18.0 Å². The lowest BCUT2D eigenvalue weighted by Gasteiger charge is -2.48. The molecule has 5 atom stereocenters. The Hall–Kier alpha value is -0.0794. The van der Waals surface area contributed by atoms with Gasteiger partial charge in [0.15, 0.2) is 31.2 Å². The number of aliphatic hydroxyl groups is 1. The first-order chi connectivity index (χ1) is 12.0. The van der Waals surface area contributed by atoms with Crippen LogP contribution in [0.25, 0.3) is 0 Å². The fourth-order valence-electron chi connectivity index (χ4n) is 2.87. The van der Waals surface area contributed by atoms with Crippen LogP contribution in [-0.4, -0.2) is 73.2 Å². The molecule has 1 heterocycles. The maximum Gasteiger partial charge on any atom is 0.217 e. The fraction of sp³-hybridized carbons (Fsp3) is 0.941. The van der Waals surface area contributed by atoms with Gasteiger partial charge in [-0.3, -0.25) is 4.79 Å². The van der Waals surface area contributed by atoms with Crippen LogP contribution in [0.3, 0.4) is 0 Å². The summed E-state index contributed by atoms with van der Waals surface area (Å²) in [6.45, 7) is 20.6. The molecule has 10 heteroatoms. The number of amides is 1. The standard InChI is InChI=1S/C17H39NO6Si3/c1-12(19)18-14-16(24-27(8,9)10)15(23-26(5,6)7)13(22-17(14)20)11-21-25(2,3)4/h13-17,20H,11H2,1-10H3,(H,18,19)/t13-,14-,15-,16-,17-/m1/s1. The van der Waals surface area contributed by atoms with E-state index in [1.807, 2.05) is 0 Å². The molecule has 0 bridgehead atoms. The molecule has 1 fully saturated rings. The van der Waals surface area contributed by atoms with Gasteiger partial charge >= 0.3 is 0 Å². The lowest BCUT2D eigenvalue weighted by atomic mass is 9.97. The van der Waals surface area contributed by atoms with E-state index < -0.39 is 55.6 Å². The highest BCUT2D eigenvalue weighted by Crippen LogP contribution is 2.30. The van der Waals surface area contributed by atoms with Crippen molar-refractivity contribution in [3.05, 3.63) is 0 Å². The van der Waals surface area contributed by atoms with Crippen LogP contribution in [0.15, 0.2) is 0 Å². The Morgan fingerprint density at radius 3 is 1.81 bits per heavy atom. The molecular weight excluding hydrogens is 398 g/mol. The van der Waals surface area contributed by atoms with Crippen molar-refractivity contribution in [2.24, 2.45) is 0 Å². The SMILES string of the molecule is CC(=O)N[C@@H]1[C@@H](O[Si](C)(C)C)[C@H](O[Si](C)(C)C)[C@@H](CO[Si](C)(C)C)O[C@H]1O. The zero-order chi connectivity index (χ0) is 21.2. The molecule has 0 radical (unpaired) electrons. The van der Waals surface area contributed by atoms with Crippen LogP contribution >= 0.6 is 0 Å². The molecule has 0 unspecified atom stereocenters. The second-order valence-electron chi connectivity index (χ2n) is 10.1. The third-order valence-corrected chi connectivity index (χ3v) is 6.69. The maximum atomic E-state index is 11.7. The molecule has 7 nitrogen and oxygen atoms in total. The van der Waals surface area contributed by atoms with Gasteiger partial charge in [0.05, 0.1) is 12.7 Å². The molecule has 0 aromatic heterocycles. The van der Waals surface area contributed by atoms with Crippen LogP contribution in [0.5, 0.6) is 0 Å². The van der Waals surface area contributed by atoms with Gasteiger partial charge in [-0.25, -0.2) is 0 Å². The molecular formula is C17H39NO6Si3.